The first-order valence-electron chi connectivity index (χ1n) is 5.21. The van der Waals surface area contributed by atoms with Crippen LogP contribution < -0.4 is 29.6 Å². The normalized spacial score (nSPS) is 9.94. The van der Waals surface area contributed by atoms with Crippen molar-refractivity contribution < 1.29 is 51.4 Å². The van der Waals surface area contributed by atoms with Crippen molar-refractivity contribution in [2.24, 2.45) is 0 Å². The molecule has 0 atom stereocenters. The fourth-order valence-corrected chi connectivity index (χ4v) is 1.20. The van der Waals surface area contributed by atoms with Gasteiger partial charge in [0.15, 0.2) is 0 Å². The van der Waals surface area contributed by atoms with Gasteiger partial charge in [0, 0.05) is 13.2 Å². The van der Waals surface area contributed by atoms with Crippen LogP contribution in [0.5, 0.6) is 0 Å². The third kappa shape index (κ3) is 14.1. The van der Waals surface area contributed by atoms with Gasteiger partial charge in [-0.05, 0) is 19.4 Å². The first-order chi connectivity index (χ1) is 7.99. The third-order valence-electron chi connectivity index (χ3n) is 1.62. The molecule has 0 saturated heterocycles. The summed E-state index contributed by atoms with van der Waals surface area (Å²) in [5, 5.41) is 0. The molecule has 1 rings (SSSR count). The van der Waals surface area contributed by atoms with E-state index in [1.165, 1.54) is 0 Å². The molecule has 0 unspecified atom stereocenters. The first kappa shape index (κ1) is 20.4. The van der Waals surface area contributed by atoms with Gasteiger partial charge in [-0.2, -0.15) is 0 Å². The fraction of sp³-hybridized carbons (Fsp3) is 0.455. The van der Waals surface area contributed by atoms with Crippen molar-refractivity contribution >= 4 is 10.4 Å². The van der Waals surface area contributed by atoms with Gasteiger partial charge < -0.3 is 9.29 Å². The minimum Gasteiger partial charge on any atom is -0.726 e. The standard InChI is InChI=1S/C7H8O4S.C4H10O.Na/c8-12(9,10)11-6-7-4-2-1-3-5-7;1-3-5-4-2;/h1-5H,6H2,(H,8,9,10);3-4H2,1-2H3;/q;;+1/p-1. The Labute approximate surface area is 131 Å². The van der Waals surface area contributed by atoms with Crippen molar-refractivity contribution in [3.63, 3.8) is 0 Å². The molecule has 0 amide bonds. The Morgan fingerprint density at radius 3 is 1.94 bits per heavy atom. The molecular formula is C11H17NaO5S. The fourth-order valence-electron chi connectivity index (χ4n) is 0.919. The Balaban J connectivity index is 0. The summed E-state index contributed by atoms with van der Waals surface area (Å²) in [5.41, 5.74) is 0.650. The predicted octanol–water partition coefficient (Wildman–Crippen LogP) is -1.29. The molecule has 0 N–H and O–H groups in total. The largest absolute Gasteiger partial charge is 1.00 e. The SMILES string of the molecule is CCOCC.O=S(=O)([O-])OCc1ccccc1.[Na+]. The predicted molar refractivity (Wildman–Crippen MR) is 63.1 cm³/mol. The van der Waals surface area contributed by atoms with Crippen LogP contribution in [0.25, 0.3) is 0 Å². The number of rotatable bonds is 5. The Morgan fingerprint density at radius 2 is 1.61 bits per heavy atom. The zero-order valence-corrected chi connectivity index (χ0v) is 13.8. The average molecular weight is 284 g/mol. The molecule has 18 heavy (non-hydrogen) atoms. The van der Waals surface area contributed by atoms with Crippen LogP contribution in [0.3, 0.4) is 0 Å². The van der Waals surface area contributed by atoms with E-state index in [1.54, 1.807) is 30.3 Å². The van der Waals surface area contributed by atoms with E-state index in [4.69, 9.17) is 4.74 Å². The van der Waals surface area contributed by atoms with Gasteiger partial charge in [-0.1, -0.05) is 30.3 Å². The molecule has 0 spiro atoms. The van der Waals surface area contributed by atoms with E-state index in [2.05, 4.69) is 4.18 Å². The third-order valence-corrected chi connectivity index (χ3v) is 2.03. The summed E-state index contributed by atoms with van der Waals surface area (Å²) >= 11 is 0. The number of benzene rings is 1. The molecule has 0 aliphatic carbocycles. The molecule has 0 radical (unpaired) electrons. The molecule has 0 aliphatic rings. The molecular weight excluding hydrogens is 267 g/mol. The Kier molecular flexibility index (Phi) is 13.7. The van der Waals surface area contributed by atoms with Crippen molar-refractivity contribution in [2.45, 2.75) is 20.5 Å². The Morgan fingerprint density at radius 1 is 1.11 bits per heavy atom. The summed E-state index contributed by atoms with van der Waals surface area (Å²) in [6.07, 6.45) is 0. The van der Waals surface area contributed by atoms with Crippen LogP contribution in [0.2, 0.25) is 0 Å². The molecule has 7 heteroatoms. The van der Waals surface area contributed by atoms with Gasteiger partial charge in [0.2, 0.25) is 10.4 Å². The molecule has 0 saturated carbocycles. The van der Waals surface area contributed by atoms with Crippen molar-refractivity contribution in [1.29, 1.82) is 0 Å². The van der Waals surface area contributed by atoms with E-state index in [0.29, 0.717) is 5.56 Å². The maximum atomic E-state index is 10.0. The zero-order valence-electron chi connectivity index (χ0n) is 11.0. The summed E-state index contributed by atoms with van der Waals surface area (Å²) in [4.78, 5) is 0. The minimum absolute atomic E-state index is 0. The van der Waals surface area contributed by atoms with Crippen LogP contribution >= 0.6 is 0 Å². The van der Waals surface area contributed by atoms with E-state index in [1.807, 2.05) is 13.8 Å². The second kappa shape index (κ2) is 12.1. The van der Waals surface area contributed by atoms with Crippen LogP contribution in [0, 0.1) is 0 Å². The molecule has 5 nitrogen and oxygen atoms in total. The Hall–Kier alpha value is 0.0500. The van der Waals surface area contributed by atoms with Crippen LogP contribution in [0.15, 0.2) is 30.3 Å². The van der Waals surface area contributed by atoms with Crippen molar-refractivity contribution in [3.8, 4) is 0 Å². The zero-order chi connectivity index (χ0) is 13.1. The topological polar surface area (TPSA) is 75.7 Å². The summed E-state index contributed by atoms with van der Waals surface area (Å²) in [6.45, 7) is 5.46. The van der Waals surface area contributed by atoms with E-state index in [-0.39, 0.29) is 36.2 Å². The van der Waals surface area contributed by atoms with Crippen LogP contribution in [-0.4, -0.2) is 26.2 Å². The molecule has 1 aromatic carbocycles. The monoisotopic (exact) mass is 284 g/mol. The molecule has 0 aromatic heterocycles. The van der Waals surface area contributed by atoms with Gasteiger partial charge in [0.1, 0.15) is 0 Å². The van der Waals surface area contributed by atoms with E-state index in [0.717, 1.165) is 13.2 Å². The molecule has 0 aliphatic heterocycles. The molecule has 98 valence electrons. The summed E-state index contributed by atoms with van der Waals surface area (Å²) in [5.74, 6) is 0. The van der Waals surface area contributed by atoms with Gasteiger partial charge in [0.05, 0.1) is 6.61 Å². The Bertz CT molecular complexity index is 378. The van der Waals surface area contributed by atoms with Crippen molar-refractivity contribution in [3.05, 3.63) is 35.9 Å². The van der Waals surface area contributed by atoms with Gasteiger partial charge >= 0.3 is 29.6 Å². The maximum absolute atomic E-state index is 10.0. The van der Waals surface area contributed by atoms with E-state index in [9.17, 15) is 13.0 Å². The second-order valence-electron chi connectivity index (χ2n) is 2.94. The summed E-state index contributed by atoms with van der Waals surface area (Å²) in [6, 6.07) is 8.60. The van der Waals surface area contributed by atoms with Crippen molar-refractivity contribution in [2.75, 3.05) is 13.2 Å². The molecule has 1 aromatic rings. The number of hydrogen-bond acceptors (Lipinski definition) is 5. The van der Waals surface area contributed by atoms with E-state index >= 15 is 0 Å². The van der Waals surface area contributed by atoms with Crippen LogP contribution in [0.1, 0.15) is 19.4 Å². The maximum Gasteiger partial charge on any atom is 1.00 e. The smallest absolute Gasteiger partial charge is 0.726 e. The summed E-state index contributed by atoms with van der Waals surface area (Å²) in [7, 11) is -4.57. The van der Waals surface area contributed by atoms with Crippen molar-refractivity contribution in [1.82, 2.24) is 0 Å². The number of hydrogen-bond donors (Lipinski definition) is 0. The molecule has 0 fully saturated rings. The van der Waals surface area contributed by atoms with E-state index < -0.39 is 10.4 Å². The minimum atomic E-state index is -4.57. The quantitative estimate of drug-likeness (QED) is 0.382. The van der Waals surface area contributed by atoms with Gasteiger partial charge in [-0.15, -0.1) is 0 Å². The summed E-state index contributed by atoms with van der Waals surface area (Å²) < 4.78 is 38.9. The molecule has 0 heterocycles. The van der Waals surface area contributed by atoms with Gasteiger partial charge in [-0.3, -0.25) is 4.18 Å². The van der Waals surface area contributed by atoms with Gasteiger partial charge in [0.25, 0.3) is 0 Å². The van der Waals surface area contributed by atoms with Crippen LogP contribution in [-0.2, 0) is 25.9 Å². The van der Waals surface area contributed by atoms with Crippen LogP contribution in [0.4, 0.5) is 0 Å². The number of ether oxygens (including phenoxy) is 1. The average Bonchev–Trinajstić information content (AvgIpc) is 2.29. The van der Waals surface area contributed by atoms with Gasteiger partial charge in [-0.25, -0.2) is 8.42 Å². The second-order valence-corrected chi connectivity index (χ2v) is 3.99. The molecule has 0 bridgehead atoms. The first-order valence-corrected chi connectivity index (χ1v) is 6.54.